The van der Waals surface area contributed by atoms with Crippen LogP contribution < -0.4 is 0 Å². The van der Waals surface area contributed by atoms with E-state index in [1.807, 2.05) is 20.2 Å². The molecule has 27 heavy (non-hydrogen) atoms. The quantitative estimate of drug-likeness (QED) is 0.817. The molecule has 0 unspecified atom stereocenters. The largest absolute Gasteiger partial charge is 0.334 e. The van der Waals surface area contributed by atoms with Crippen molar-refractivity contribution in [3.63, 3.8) is 0 Å². The maximum atomic E-state index is 13.1. The molecule has 5 heteroatoms. The third-order valence-corrected chi connectivity index (χ3v) is 6.08. The maximum Gasteiger partial charge on any atom is 0.257 e. The minimum absolute atomic E-state index is 0.168. The van der Waals surface area contributed by atoms with Gasteiger partial charge in [-0.1, -0.05) is 30.3 Å². The Kier molecular flexibility index (Phi) is 5.30. The Labute approximate surface area is 162 Å². The molecule has 5 rings (SSSR count). The van der Waals surface area contributed by atoms with E-state index in [-0.39, 0.29) is 5.91 Å². The van der Waals surface area contributed by atoms with Crippen LogP contribution in [-0.4, -0.2) is 57.7 Å². The molecule has 3 aliphatic heterocycles. The summed E-state index contributed by atoms with van der Waals surface area (Å²) in [5, 5.41) is 4.36. The Hall–Kier alpha value is -2.14. The van der Waals surface area contributed by atoms with E-state index < -0.39 is 0 Å². The average Bonchev–Trinajstić information content (AvgIpc) is 2.83. The predicted octanol–water partition coefficient (Wildman–Crippen LogP) is 2.90. The molecule has 2 atom stereocenters. The van der Waals surface area contributed by atoms with Gasteiger partial charge >= 0.3 is 0 Å². The van der Waals surface area contributed by atoms with Gasteiger partial charge in [0.25, 0.3) is 5.91 Å². The summed E-state index contributed by atoms with van der Waals surface area (Å²) in [6, 6.07) is 11.1. The molecule has 3 fully saturated rings. The number of nitrogens with zero attached hydrogens (tertiary/aromatic N) is 4. The Bertz CT molecular complexity index is 785. The van der Waals surface area contributed by atoms with Crippen molar-refractivity contribution in [3.8, 4) is 0 Å². The molecule has 2 aromatic rings. The van der Waals surface area contributed by atoms with Gasteiger partial charge in [-0.25, -0.2) is 0 Å². The number of hydrogen-bond donors (Lipinski definition) is 0. The fourth-order valence-electron chi connectivity index (χ4n) is 4.73. The first-order valence-corrected chi connectivity index (χ1v) is 10.2. The third kappa shape index (κ3) is 4.08. The van der Waals surface area contributed by atoms with E-state index >= 15 is 0 Å². The molecule has 3 aliphatic rings. The highest BCUT2D eigenvalue weighted by Crippen LogP contribution is 2.29. The zero-order valence-corrected chi connectivity index (χ0v) is 16.5. The van der Waals surface area contributed by atoms with Crippen molar-refractivity contribution in [1.29, 1.82) is 0 Å². The lowest BCUT2D eigenvalue weighted by Gasteiger charge is -2.36. The van der Waals surface area contributed by atoms with Crippen LogP contribution in [0, 0.1) is 12.8 Å². The fourth-order valence-corrected chi connectivity index (χ4v) is 4.73. The first kappa shape index (κ1) is 18.2. The van der Waals surface area contributed by atoms with Gasteiger partial charge in [0.1, 0.15) is 0 Å². The summed E-state index contributed by atoms with van der Waals surface area (Å²) in [7, 11) is 1.88. The highest BCUT2D eigenvalue weighted by molar-refractivity contribution is 5.95. The van der Waals surface area contributed by atoms with E-state index in [2.05, 4.69) is 45.2 Å². The van der Waals surface area contributed by atoms with E-state index in [0.29, 0.717) is 12.0 Å². The maximum absolute atomic E-state index is 13.1. The van der Waals surface area contributed by atoms with Crippen molar-refractivity contribution >= 4 is 5.91 Å². The van der Waals surface area contributed by atoms with E-state index in [4.69, 9.17) is 0 Å². The average molecular weight is 367 g/mol. The number of aryl methyl sites for hydroxylation is 3. The number of piperidine rings is 1. The van der Waals surface area contributed by atoms with Crippen molar-refractivity contribution in [2.45, 2.75) is 38.6 Å². The zero-order chi connectivity index (χ0) is 18.8. The molecule has 5 nitrogen and oxygen atoms in total. The number of hydrogen-bond acceptors (Lipinski definition) is 3. The van der Waals surface area contributed by atoms with Crippen molar-refractivity contribution in [2.75, 3.05) is 26.2 Å². The Balaban J connectivity index is 1.38. The summed E-state index contributed by atoms with van der Waals surface area (Å²) < 4.78 is 1.74. The molecule has 0 saturated carbocycles. The summed E-state index contributed by atoms with van der Waals surface area (Å²) >= 11 is 0. The van der Waals surface area contributed by atoms with Gasteiger partial charge in [-0.15, -0.1) is 0 Å². The van der Waals surface area contributed by atoms with Crippen LogP contribution in [0.4, 0.5) is 0 Å². The molecule has 0 N–H and O–H groups in total. The Morgan fingerprint density at radius 2 is 1.96 bits per heavy atom. The van der Waals surface area contributed by atoms with Gasteiger partial charge in [0.2, 0.25) is 0 Å². The smallest absolute Gasteiger partial charge is 0.257 e. The first-order valence-electron chi connectivity index (χ1n) is 10.2. The predicted molar refractivity (Wildman–Crippen MR) is 107 cm³/mol. The Morgan fingerprint density at radius 1 is 1.15 bits per heavy atom. The van der Waals surface area contributed by atoms with E-state index in [0.717, 1.165) is 50.3 Å². The van der Waals surface area contributed by atoms with Crippen LogP contribution in [0.5, 0.6) is 0 Å². The zero-order valence-electron chi connectivity index (χ0n) is 16.5. The summed E-state index contributed by atoms with van der Waals surface area (Å²) in [6.07, 6.45) is 6.55. The highest BCUT2D eigenvalue weighted by atomic mass is 16.2. The number of carbonyl (C=O) groups excluding carboxylic acids is 1. The lowest BCUT2D eigenvalue weighted by molar-refractivity contribution is 0.0584. The minimum atomic E-state index is 0.168. The number of aromatic nitrogens is 2. The second-order valence-corrected chi connectivity index (χ2v) is 8.21. The van der Waals surface area contributed by atoms with Gasteiger partial charge in [0.05, 0.1) is 11.3 Å². The van der Waals surface area contributed by atoms with E-state index in [1.165, 1.54) is 18.4 Å². The van der Waals surface area contributed by atoms with Crippen molar-refractivity contribution in [2.24, 2.45) is 13.0 Å². The molecular formula is C22H30N4O. The van der Waals surface area contributed by atoms with Crippen molar-refractivity contribution < 1.29 is 4.79 Å². The molecule has 2 bridgehead atoms. The summed E-state index contributed by atoms with van der Waals surface area (Å²) in [4.78, 5) is 17.9. The highest BCUT2D eigenvalue weighted by Gasteiger charge is 2.37. The second kappa shape index (κ2) is 7.85. The molecule has 1 amide bonds. The second-order valence-electron chi connectivity index (χ2n) is 8.21. The van der Waals surface area contributed by atoms with Gasteiger partial charge in [0, 0.05) is 38.9 Å². The topological polar surface area (TPSA) is 41.4 Å². The molecule has 1 aromatic heterocycles. The lowest BCUT2D eigenvalue weighted by Crippen LogP contribution is -2.47. The monoisotopic (exact) mass is 366 g/mol. The molecule has 1 aromatic carbocycles. The summed E-state index contributed by atoms with van der Waals surface area (Å²) in [5.74, 6) is 0.767. The third-order valence-electron chi connectivity index (χ3n) is 6.08. The van der Waals surface area contributed by atoms with E-state index in [1.54, 1.807) is 4.68 Å². The molecule has 144 valence electrons. The standard InChI is InChI=1S/C22H30N4O/c1-17-21(16-24(2)23-17)22(27)26-14-19-10-11-20(26)15-25(13-19)12-6-9-18-7-4-3-5-8-18/h3-5,7-8,16,19-20H,6,9-15H2,1-2H3/t19-,20+/m0/s1. The van der Waals surface area contributed by atoms with Crippen LogP contribution >= 0.6 is 0 Å². The van der Waals surface area contributed by atoms with E-state index in [9.17, 15) is 4.79 Å². The SMILES string of the molecule is Cc1nn(C)cc1C(=O)N1C[C@H]2CC[C@@H]1CN(CCCc1ccccc1)C2. The molecule has 4 heterocycles. The number of carbonyl (C=O) groups is 1. The molecule has 0 spiro atoms. The van der Waals surface area contributed by atoms with Crippen LogP contribution in [0.15, 0.2) is 36.5 Å². The molecular weight excluding hydrogens is 336 g/mol. The number of benzene rings is 1. The molecule has 3 saturated heterocycles. The number of amides is 1. The van der Waals surface area contributed by atoms with Gasteiger partial charge in [-0.3, -0.25) is 9.48 Å². The van der Waals surface area contributed by atoms with Crippen molar-refractivity contribution in [3.05, 3.63) is 53.3 Å². The Morgan fingerprint density at radius 3 is 2.70 bits per heavy atom. The van der Waals surface area contributed by atoms with Gasteiger partial charge in [0.15, 0.2) is 0 Å². The van der Waals surface area contributed by atoms with Crippen molar-refractivity contribution in [1.82, 2.24) is 19.6 Å². The van der Waals surface area contributed by atoms with Crippen LogP contribution in [0.25, 0.3) is 0 Å². The minimum Gasteiger partial charge on any atom is -0.334 e. The normalized spacial score (nSPS) is 22.8. The number of rotatable bonds is 5. The van der Waals surface area contributed by atoms with Gasteiger partial charge < -0.3 is 9.80 Å². The number of fused-ring (bicyclic) bond motifs is 4. The van der Waals surface area contributed by atoms with Crippen LogP contribution in [0.2, 0.25) is 0 Å². The summed E-state index contributed by atoms with van der Waals surface area (Å²) in [6.45, 7) is 6.08. The molecule has 0 radical (unpaired) electrons. The van der Waals surface area contributed by atoms with Crippen LogP contribution in [-0.2, 0) is 13.5 Å². The van der Waals surface area contributed by atoms with Gasteiger partial charge in [-0.2, -0.15) is 5.10 Å². The fraction of sp³-hybridized carbons (Fsp3) is 0.545. The van der Waals surface area contributed by atoms with Crippen LogP contribution in [0.1, 0.15) is 40.9 Å². The van der Waals surface area contributed by atoms with Crippen LogP contribution in [0.3, 0.4) is 0 Å². The molecule has 0 aliphatic carbocycles. The first-order chi connectivity index (χ1) is 13.1. The van der Waals surface area contributed by atoms with Gasteiger partial charge in [-0.05, 0) is 50.6 Å². The summed E-state index contributed by atoms with van der Waals surface area (Å²) in [5.41, 5.74) is 3.02. The lowest BCUT2D eigenvalue weighted by atomic mass is 9.94.